The summed E-state index contributed by atoms with van der Waals surface area (Å²) in [6.07, 6.45) is 2.61. The molecule has 0 aliphatic carbocycles. The Morgan fingerprint density at radius 3 is 2.57 bits per heavy atom. The van der Waals surface area contributed by atoms with Gasteiger partial charge in [0.05, 0.1) is 11.5 Å². The van der Waals surface area contributed by atoms with Gasteiger partial charge < -0.3 is 10.1 Å². The summed E-state index contributed by atoms with van der Waals surface area (Å²) >= 11 is 0.920. The van der Waals surface area contributed by atoms with Crippen molar-refractivity contribution in [3.8, 4) is 5.75 Å². The molecule has 0 unspecified atom stereocenters. The van der Waals surface area contributed by atoms with Gasteiger partial charge in [-0.3, -0.25) is 19.3 Å². The summed E-state index contributed by atoms with van der Waals surface area (Å²) in [7, 11) is 0. The quantitative estimate of drug-likeness (QED) is 0.486. The van der Waals surface area contributed by atoms with Crippen molar-refractivity contribution >= 4 is 34.9 Å². The first-order valence-corrected chi connectivity index (χ1v) is 10.6. The van der Waals surface area contributed by atoms with Crippen LogP contribution in [0, 0.1) is 6.92 Å². The van der Waals surface area contributed by atoms with Crippen LogP contribution in [-0.2, 0) is 9.59 Å². The van der Waals surface area contributed by atoms with E-state index in [1.54, 1.807) is 6.08 Å². The molecule has 1 heterocycles. The smallest absolute Gasteiger partial charge is 0.293 e. The van der Waals surface area contributed by atoms with Gasteiger partial charge in [0.25, 0.3) is 11.1 Å². The maximum atomic E-state index is 12.4. The number of rotatable bonds is 9. The molecule has 3 amide bonds. The van der Waals surface area contributed by atoms with Crippen molar-refractivity contribution in [1.29, 1.82) is 0 Å². The average molecular weight is 425 g/mol. The molecule has 1 N–H and O–H groups in total. The van der Waals surface area contributed by atoms with Crippen LogP contribution in [0.4, 0.5) is 4.79 Å². The van der Waals surface area contributed by atoms with Crippen LogP contribution in [-0.4, -0.2) is 41.6 Å². The summed E-state index contributed by atoms with van der Waals surface area (Å²) < 4.78 is 5.60. The minimum atomic E-state index is -0.324. The summed E-state index contributed by atoms with van der Waals surface area (Å²) in [5.41, 5.74) is 2.03. The molecule has 1 aliphatic heterocycles. The first-order valence-electron chi connectivity index (χ1n) is 9.79. The Morgan fingerprint density at radius 1 is 1.10 bits per heavy atom. The number of amides is 3. The highest BCUT2D eigenvalue weighted by molar-refractivity contribution is 8.18. The molecule has 1 fully saturated rings. The number of nitrogens with one attached hydrogen (secondary N) is 1. The first-order chi connectivity index (χ1) is 14.5. The van der Waals surface area contributed by atoms with E-state index in [1.807, 2.05) is 61.5 Å². The normalized spacial score (nSPS) is 15.0. The van der Waals surface area contributed by atoms with Gasteiger partial charge in [0.1, 0.15) is 5.75 Å². The third-order valence-electron chi connectivity index (χ3n) is 4.47. The van der Waals surface area contributed by atoms with E-state index in [0.29, 0.717) is 24.4 Å². The minimum Gasteiger partial charge on any atom is -0.494 e. The van der Waals surface area contributed by atoms with Crippen molar-refractivity contribution in [2.45, 2.75) is 19.8 Å². The summed E-state index contributed by atoms with van der Waals surface area (Å²) in [6, 6.07) is 17.1. The van der Waals surface area contributed by atoms with E-state index in [4.69, 9.17) is 4.74 Å². The molecule has 3 rings (SSSR count). The van der Waals surface area contributed by atoms with Crippen LogP contribution in [0.3, 0.4) is 0 Å². The standard InChI is InChI=1S/C23H24N2O4S/c1-17-9-11-19(12-10-17)29-15-5-8-21(26)24-13-14-25-22(27)20(30-23(25)28)16-18-6-3-2-4-7-18/h2-4,6-7,9-12,16H,5,8,13-15H2,1H3,(H,24,26). The van der Waals surface area contributed by atoms with Crippen LogP contribution in [0.25, 0.3) is 6.08 Å². The van der Waals surface area contributed by atoms with Gasteiger partial charge in [-0.2, -0.15) is 0 Å². The van der Waals surface area contributed by atoms with Gasteiger partial charge in [0, 0.05) is 19.5 Å². The molecular weight excluding hydrogens is 400 g/mol. The van der Waals surface area contributed by atoms with Gasteiger partial charge in [0.15, 0.2) is 0 Å². The van der Waals surface area contributed by atoms with Crippen LogP contribution in [0.1, 0.15) is 24.0 Å². The van der Waals surface area contributed by atoms with E-state index < -0.39 is 0 Å². The predicted molar refractivity (Wildman–Crippen MR) is 118 cm³/mol. The molecule has 7 heteroatoms. The zero-order valence-electron chi connectivity index (χ0n) is 16.8. The molecule has 0 saturated carbocycles. The third kappa shape index (κ3) is 6.22. The second-order valence-electron chi connectivity index (χ2n) is 6.86. The topological polar surface area (TPSA) is 75.7 Å². The Labute approximate surface area is 180 Å². The van der Waals surface area contributed by atoms with Crippen LogP contribution >= 0.6 is 11.8 Å². The van der Waals surface area contributed by atoms with Crippen LogP contribution < -0.4 is 10.1 Å². The van der Waals surface area contributed by atoms with Crippen molar-refractivity contribution < 1.29 is 19.1 Å². The second-order valence-corrected chi connectivity index (χ2v) is 7.85. The number of hydrogen-bond donors (Lipinski definition) is 1. The molecule has 0 atom stereocenters. The van der Waals surface area contributed by atoms with Crippen LogP contribution in [0.15, 0.2) is 59.5 Å². The lowest BCUT2D eigenvalue weighted by atomic mass is 10.2. The Bertz CT molecular complexity index is 926. The number of ether oxygens (including phenoxy) is 1. The first kappa shape index (κ1) is 21.6. The van der Waals surface area contributed by atoms with Crippen LogP contribution in [0.5, 0.6) is 5.75 Å². The number of benzene rings is 2. The van der Waals surface area contributed by atoms with Crippen molar-refractivity contribution in [2.75, 3.05) is 19.7 Å². The minimum absolute atomic E-state index is 0.130. The third-order valence-corrected chi connectivity index (χ3v) is 5.37. The van der Waals surface area contributed by atoms with Gasteiger partial charge in [-0.25, -0.2) is 0 Å². The lowest BCUT2D eigenvalue weighted by Crippen LogP contribution is -2.37. The largest absolute Gasteiger partial charge is 0.494 e. The zero-order chi connectivity index (χ0) is 21.3. The lowest BCUT2D eigenvalue weighted by molar-refractivity contribution is -0.124. The Kier molecular flexibility index (Phi) is 7.68. The highest BCUT2D eigenvalue weighted by Crippen LogP contribution is 2.31. The molecule has 1 saturated heterocycles. The van der Waals surface area contributed by atoms with E-state index in [9.17, 15) is 14.4 Å². The number of carbonyl (C=O) groups is 3. The maximum absolute atomic E-state index is 12.4. The molecular formula is C23H24N2O4S. The van der Waals surface area contributed by atoms with Crippen molar-refractivity contribution in [2.24, 2.45) is 0 Å². The van der Waals surface area contributed by atoms with E-state index >= 15 is 0 Å². The Hall–Kier alpha value is -3.06. The second kappa shape index (κ2) is 10.6. The Balaban J connectivity index is 1.36. The lowest BCUT2D eigenvalue weighted by Gasteiger charge is -2.13. The van der Waals surface area contributed by atoms with Gasteiger partial charge in [-0.1, -0.05) is 48.0 Å². The molecule has 0 aromatic heterocycles. The number of carbonyl (C=O) groups excluding carboxylic acids is 3. The molecule has 6 nitrogen and oxygen atoms in total. The van der Waals surface area contributed by atoms with Crippen molar-refractivity contribution in [3.05, 3.63) is 70.6 Å². The average Bonchev–Trinajstić information content (AvgIpc) is 3.00. The highest BCUT2D eigenvalue weighted by Gasteiger charge is 2.34. The molecule has 0 radical (unpaired) electrons. The number of hydrogen-bond acceptors (Lipinski definition) is 5. The van der Waals surface area contributed by atoms with Gasteiger partial charge in [-0.15, -0.1) is 0 Å². The summed E-state index contributed by atoms with van der Waals surface area (Å²) in [5.74, 6) is 0.327. The van der Waals surface area contributed by atoms with Crippen LogP contribution in [0.2, 0.25) is 0 Å². The van der Waals surface area contributed by atoms with E-state index in [-0.39, 0.29) is 30.1 Å². The van der Waals surface area contributed by atoms with E-state index in [2.05, 4.69) is 5.32 Å². The monoisotopic (exact) mass is 424 g/mol. The van der Waals surface area contributed by atoms with Gasteiger partial charge in [0.2, 0.25) is 5.91 Å². The molecule has 156 valence electrons. The SMILES string of the molecule is Cc1ccc(OCCCC(=O)NCCN2C(=O)SC(=Cc3ccccc3)C2=O)cc1. The predicted octanol–water partition coefficient (Wildman–Crippen LogP) is 4.01. The number of aryl methyl sites for hydroxylation is 1. The Morgan fingerprint density at radius 2 is 1.83 bits per heavy atom. The number of nitrogens with zero attached hydrogens (tertiary/aromatic N) is 1. The maximum Gasteiger partial charge on any atom is 0.293 e. The van der Waals surface area contributed by atoms with Gasteiger partial charge >= 0.3 is 0 Å². The van der Waals surface area contributed by atoms with Gasteiger partial charge in [-0.05, 0) is 48.9 Å². The number of thioether (sulfide) groups is 1. The molecule has 1 aliphatic rings. The van der Waals surface area contributed by atoms with Crippen molar-refractivity contribution in [1.82, 2.24) is 10.2 Å². The van der Waals surface area contributed by atoms with Crippen molar-refractivity contribution in [3.63, 3.8) is 0 Å². The molecule has 2 aromatic rings. The highest BCUT2D eigenvalue weighted by atomic mass is 32.2. The molecule has 0 spiro atoms. The summed E-state index contributed by atoms with van der Waals surface area (Å²) in [6.45, 7) is 2.84. The fourth-order valence-electron chi connectivity index (χ4n) is 2.85. The summed E-state index contributed by atoms with van der Waals surface area (Å²) in [5, 5.41) is 2.44. The van der Waals surface area contributed by atoms with E-state index in [1.165, 1.54) is 4.90 Å². The molecule has 0 bridgehead atoms. The number of imide groups is 1. The zero-order valence-corrected chi connectivity index (χ0v) is 17.6. The fraction of sp³-hybridized carbons (Fsp3) is 0.261. The van der Waals surface area contributed by atoms with E-state index in [0.717, 1.165) is 28.6 Å². The molecule has 30 heavy (non-hydrogen) atoms. The molecule has 2 aromatic carbocycles. The fourth-order valence-corrected chi connectivity index (χ4v) is 3.71. The summed E-state index contributed by atoms with van der Waals surface area (Å²) in [4.78, 5) is 38.1.